The summed E-state index contributed by atoms with van der Waals surface area (Å²) in [7, 11) is -1.91. The highest BCUT2D eigenvalue weighted by atomic mass is 32.2. The summed E-state index contributed by atoms with van der Waals surface area (Å²) in [6.07, 6.45) is 6.39. The summed E-state index contributed by atoms with van der Waals surface area (Å²) in [6, 6.07) is 15.0. The van der Waals surface area contributed by atoms with Gasteiger partial charge in [-0.15, -0.1) is 0 Å². The fourth-order valence-corrected chi connectivity index (χ4v) is 6.30. The SMILES string of the molecule is CNS(=O)(=O)Cc1ccc(CNC(=O)c2oc3ccccc3c2CSC2CCCCC2)cc1. The summed E-state index contributed by atoms with van der Waals surface area (Å²) in [6.45, 7) is 0.337. The van der Waals surface area contributed by atoms with E-state index in [2.05, 4.69) is 10.0 Å². The fourth-order valence-electron chi connectivity index (χ4n) is 4.17. The normalized spacial score (nSPS) is 15.1. The minimum Gasteiger partial charge on any atom is -0.451 e. The van der Waals surface area contributed by atoms with Crippen molar-refractivity contribution in [2.75, 3.05) is 7.05 Å². The van der Waals surface area contributed by atoms with E-state index >= 15 is 0 Å². The predicted molar refractivity (Wildman–Crippen MR) is 134 cm³/mol. The number of carbonyl (C=O) groups excluding carboxylic acids is 1. The molecule has 176 valence electrons. The molecule has 3 aromatic rings. The molecule has 1 amide bonds. The van der Waals surface area contributed by atoms with Gasteiger partial charge in [0.15, 0.2) is 5.76 Å². The smallest absolute Gasteiger partial charge is 0.287 e. The molecule has 1 fully saturated rings. The van der Waals surface area contributed by atoms with Crippen LogP contribution in [-0.4, -0.2) is 26.6 Å². The second-order valence-electron chi connectivity index (χ2n) is 8.44. The number of para-hydroxylation sites is 1. The van der Waals surface area contributed by atoms with Gasteiger partial charge < -0.3 is 9.73 Å². The molecule has 0 radical (unpaired) electrons. The van der Waals surface area contributed by atoms with Crippen LogP contribution >= 0.6 is 11.8 Å². The van der Waals surface area contributed by atoms with Crippen LogP contribution in [0.25, 0.3) is 11.0 Å². The topological polar surface area (TPSA) is 88.4 Å². The molecule has 0 atom stereocenters. The average Bonchev–Trinajstić information content (AvgIpc) is 3.21. The first kappa shape index (κ1) is 23.9. The molecule has 2 aromatic carbocycles. The zero-order valence-electron chi connectivity index (χ0n) is 18.8. The Morgan fingerprint density at radius 1 is 1.03 bits per heavy atom. The van der Waals surface area contributed by atoms with Crippen molar-refractivity contribution in [3.8, 4) is 0 Å². The molecule has 1 saturated carbocycles. The van der Waals surface area contributed by atoms with Gasteiger partial charge in [-0.05, 0) is 37.1 Å². The van der Waals surface area contributed by atoms with Gasteiger partial charge in [0.25, 0.3) is 5.91 Å². The van der Waals surface area contributed by atoms with Crippen LogP contribution < -0.4 is 10.0 Å². The van der Waals surface area contributed by atoms with Gasteiger partial charge in [0.2, 0.25) is 10.0 Å². The van der Waals surface area contributed by atoms with Gasteiger partial charge in [-0.25, -0.2) is 13.1 Å². The number of sulfonamides is 1. The number of benzene rings is 2. The number of hydrogen-bond acceptors (Lipinski definition) is 5. The lowest BCUT2D eigenvalue weighted by molar-refractivity contribution is 0.0924. The molecule has 1 aliphatic carbocycles. The monoisotopic (exact) mass is 486 g/mol. The Kier molecular flexibility index (Phi) is 7.78. The Labute approximate surface area is 199 Å². The van der Waals surface area contributed by atoms with Crippen LogP contribution in [0.3, 0.4) is 0 Å². The van der Waals surface area contributed by atoms with Gasteiger partial charge in [0.1, 0.15) is 5.58 Å². The molecule has 1 aromatic heterocycles. The lowest BCUT2D eigenvalue weighted by Crippen LogP contribution is -2.23. The van der Waals surface area contributed by atoms with Gasteiger partial charge in [-0.2, -0.15) is 11.8 Å². The predicted octanol–water partition coefficient (Wildman–Crippen LogP) is 4.98. The van der Waals surface area contributed by atoms with Crippen molar-refractivity contribution < 1.29 is 17.6 Å². The van der Waals surface area contributed by atoms with Crippen LogP contribution in [0.5, 0.6) is 0 Å². The third kappa shape index (κ3) is 6.19. The van der Waals surface area contributed by atoms with E-state index in [4.69, 9.17) is 4.42 Å². The summed E-state index contributed by atoms with van der Waals surface area (Å²) >= 11 is 1.93. The zero-order chi connectivity index (χ0) is 23.3. The Morgan fingerprint density at radius 2 is 1.73 bits per heavy atom. The highest BCUT2D eigenvalue weighted by Gasteiger charge is 2.22. The molecule has 1 heterocycles. The van der Waals surface area contributed by atoms with E-state index in [0.717, 1.165) is 27.8 Å². The van der Waals surface area contributed by atoms with Crippen LogP contribution in [-0.2, 0) is 28.1 Å². The van der Waals surface area contributed by atoms with E-state index in [1.54, 1.807) is 12.1 Å². The number of carbonyl (C=O) groups is 1. The van der Waals surface area contributed by atoms with Crippen molar-refractivity contribution in [3.05, 3.63) is 71.0 Å². The van der Waals surface area contributed by atoms with Crippen molar-refractivity contribution in [2.45, 2.75) is 55.4 Å². The first-order valence-corrected chi connectivity index (χ1v) is 14.0. The van der Waals surface area contributed by atoms with Crippen molar-refractivity contribution in [2.24, 2.45) is 0 Å². The second-order valence-corrected chi connectivity index (χ2v) is 11.7. The fraction of sp³-hybridized carbons (Fsp3) is 0.400. The number of thioether (sulfide) groups is 1. The number of fused-ring (bicyclic) bond motifs is 1. The van der Waals surface area contributed by atoms with Crippen LogP contribution in [0.4, 0.5) is 0 Å². The molecular formula is C25H30N2O4S2. The van der Waals surface area contributed by atoms with Gasteiger partial charge in [-0.3, -0.25) is 4.79 Å². The third-order valence-electron chi connectivity index (χ3n) is 6.06. The van der Waals surface area contributed by atoms with Crippen LogP contribution in [0.1, 0.15) is 59.3 Å². The van der Waals surface area contributed by atoms with Crippen molar-refractivity contribution in [1.29, 1.82) is 0 Å². The second kappa shape index (κ2) is 10.8. The average molecular weight is 487 g/mol. The molecular weight excluding hydrogens is 456 g/mol. The van der Waals surface area contributed by atoms with E-state index in [-0.39, 0.29) is 11.7 Å². The van der Waals surface area contributed by atoms with E-state index < -0.39 is 10.0 Å². The molecule has 33 heavy (non-hydrogen) atoms. The maximum atomic E-state index is 13.1. The van der Waals surface area contributed by atoms with E-state index in [1.807, 2.05) is 48.2 Å². The van der Waals surface area contributed by atoms with Gasteiger partial charge in [0.05, 0.1) is 5.75 Å². The van der Waals surface area contributed by atoms with Crippen molar-refractivity contribution in [1.82, 2.24) is 10.0 Å². The van der Waals surface area contributed by atoms with Crippen molar-refractivity contribution in [3.63, 3.8) is 0 Å². The molecule has 0 aliphatic heterocycles. The number of amides is 1. The molecule has 0 spiro atoms. The summed E-state index contributed by atoms with van der Waals surface area (Å²) in [5.41, 5.74) is 3.28. The lowest BCUT2D eigenvalue weighted by Gasteiger charge is -2.20. The van der Waals surface area contributed by atoms with Gasteiger partial charge in [0, 0.05) is 28.5 Å². The lowest BCUT2D eigenvalue weighted by atomic mass is 10.0. The largest absolute Gasteiger partial charge is 0.451 e. The van der Waals surface area contributed by atoms with Gasteiger partial charge in [-0.1, -0.05) is 61.7 Å². The molecule has 0 saturated heterocycles. The molecule has 8 heteroatoms. The number of furan rings is 1. The first-order chi connectivity index (χ1) is 15.9. The summed E-state index contributed by atoms with van der Waals surface area (Å²) in [4.78, 5) is 13.1. The van der Waals surface area contributed by atoms with E-state index in [9.17, 15) is 13.2 Å². The molecule has 1 aliphatic rings. The molecule has 2 N–H and O–H groups in total. The molecule has 0 unspecified atom stereocenters. The van der Waals surface area contributed by atoms with Crippen LogP contribution in [0, 0.1) is 0 Å². The quantitative estimate of drug-likeness (QED) is 0.445. The highest BCUT2D eigenvalue weighted by Crippen LogP contribution is 2.35. The molecule has 6 nitrogen and oxygen atoms in total. The Balaban J connectivity index is 1.44. The highest BCUT2D eigenvalue weighted by molar-refractivity contribution is 7.99. The molecule has 4 rings (SSSR count). The minimum absolute atomic E-state index is 0.0723. The standard InChI is InChI=1S/C25H30N2O4S2/c1-26-33(29,30)17-19-13-11-18(12-14-19)15-27-25(28)24-22(16-32-20-7-3-2-4-8-20)21-9-5-6-10-23(21)31-24/h5-6,9-14,20,26H,2-4,7-8,15-17H2,1H3,(H,27,28). The maximum absolute atomic E-state index is 13.1. The van der Waals surface area contributed by atoms with E-state index in [1.165, 1.54) is 39.2 Å². The Morgan fingerprint density at radius 3 is 2.45 bits per heavy atom. The molecule has 0 bridgehead atoms. The Hall–Kier alpha value is -2.29. The minimum atomic E-state index is -3.31. The Bertz CT molecular complexity index is 1200. The summed E-state index contributed by atoms with van der Waals surface area (Å²) in [5.74, 6) is 0.847. The summed E-state index contributed by atoms with van der Waals surface area (Å²) < 4.78 is 31.7. The third-order valence-corrected chi connectivity index (χ3v) is 8.80. The van der Waals surface area contributed by atoms with Crippen LogP contribution in [0.15, 0.2) is 52.9 Å². The number of hydrogen-bond donors (Lipinski definition) is 2. The van der Waals surface area contributed by atoms with Gasteiger partial charge >= 0.3 is 0 Å². The summed E-state index contributed by atoms with van der Waals surface area (Å²) in [5, 5.41) is 4.61. The first-order valence-electron chi connectivity index (χ1n) is 11.3. The van der Waals surface area contributed by atoms with Crippen LogP contribution in [0.2, 0.25) is 0 Å². The number of nitrogens with one attached hydrogen (secondary N) is 2. The maximum Gasteiger partial charge on any atom is 0.287 e. The van der Waals surface area contributed by atoms with Crippen molar-refractivity contribution >= 4 is 38.7 Å². The zero-order valence-corrected chi connectivity index (χ0v) is 20.4. The number of rotatable bonds is 9. The van der Waals surface area contributed by atoms with E-state index in [0.29, 0.717) is 23.1 Å².